The maximum atomic E-state index is 5.89. The molecule has 1 aromatic rings. The van der Waals surface area contributed by atoms with Gasteiger partial charge in [-0.1, -0.05) is 90.7 Å². The van der Waals surface area contributed by atoms with Crippen LogP contribution in [0.25, 0.3) is 0 Å². The minimum Gasteiger partial charge on any atom is -0.496 e. The Morgan fingerprint density at radius 2 is 1.00 bits per heavy atom. The molecule has 0 aromatic heterocycles. The number of aryl methyl sites for hydroxylation is 3. The first-order valence-corrected chi connectivity index (χ1v) is 11.4. The first-order valence-electron chi connectivity index (χ1n) is 11.4. The van der Waals surface area contributed by atoms with Crippen molar-refractivity contribution in [3.05, 3.63) is 28.8 Å². The van der Waals surface area contributed by atoms with Crippen LogP contribution in [0.3, 0.4) is 0 Å². The Balaban J connectivity index is 2.83. The smallest absolute Gasteiger partial charge is 0.125 e. The molecule has 0 unspecified atom stereocenters. The molecule has 0 saturated carbocycles. The number of hydrogen-bond donors (Lipinski definition) is 0. The zero-order valence-corrected chi connectivity index (χ0v) is 18.2. The summed E-state index contributed by atoms with van der Waals surface area (Å²) in [5.74, 6) is 1.19. The summed E-state index contributed by atoms with van der Waals surface area (Å²) < 4.78 is 5.89. The highest BCUT2D eigenvalue weighted by atomic mass is 16.5. The van der Waals surface area contributed by atoms with Gasteiger partial charge in [0.25, 0.3) is 0 Å². The Morgan fingerprint density at radius 3 is 1.38 bits per heavy atom. The van der Waals surface area contributed by atoms with Gasteiger partial charge in [0.1, 0.15) is 5.75 Å². The third-order valence-corrected chi connectivity index (χ3v) is 5.43. The summed E-state index contributed by atoms with van der Waals surface area (Å²) in [5.41, 5.74) is 4.46. The first kappa shape index (κ1) is 23.1. The SMILES string of the molecule is CCCCCCc1cc(CCCCCC)c(OC)c(CCCCCC)c1. The molecule has 0 spiro atoms. The number of methoxy groups -OCH3 is 1. The lowest BCUT2D eigenvalue weighted by atomic mass is 9.94. The van der Waals surface area contributed by atoms with Gasteiger partial charge in [-0.3, -0.25) is 0 Å². The minimum atomic E-state index is 1.17. The second-order valence-corrected chi connectivity index (χ2v) is 7.88. The standard InChI is InChI=1S/C25H44O/c1-5-8-11-14-17-22-20-23(18-15-12-9-6-2)25(26-4)24(21-22)19-16-13-10-7-3/h20-21H,5-19H2,1-4H3. The topological polar surface area (TPSA) is 9.23 Å². The number of hydrogen-bond acceptors (Lipinski definition) is 1. The molecule has 1 rings (SSSR count). The van der Waals surface area contributed by atoms with Crippen molar-refractivity contribution in [2.45, 2.75) is 117 Å². The fourth-order valence-corrected chi connectivity index (χ4v) is 3.84. The van der Waals surface area contributed by atoms with Gasteiger partial charge < -0.3 is 4.74 Å². The summed E-state index contributed by atoms with van der Waals surface area (Å²) in [6.07, 6.45) is 19.5. The van der Waals surface area contributed by atoms with Crippen molar-refractivity contribution in [3.63, 3.8) is 0 Å². The number of ether oxygens (including phenoxy) is 1. The molecule has 0 aliphatic rings. The Kier molecular flexibility index (Phi) is 13.4. The predicted molar refractivity (Wildman–Crippen MR) is 117 cm³/mol. The summed E-state index contributed by atoms with van der Waals surface area (Å²) in [4.78, 5) is 0. The maximum absolute atomic E-state index is 5.89. The molecule has 0 N–H and O–H groups in total. The van der Waals surface area contributed by atoms with Crippen LogP contribution in [0.1, 0.15) is 115 Å². The van der Waals surface area contributed by atoms with Crippen LogP contribution in [0.15, 0.2) is 12.1 Å². The van der Waals surface area contributed by atoms with Gasteiger partial charge in [0.2, 0.25) is 0 Å². The highest BCUT2D eigenvalue weighted by Gasteiger charge is 2.12. The highest BCUT2D eigenvalue weighted by Crippen LogP contribution is 2.30. The molecular formula is C25H44O. The van der Waals surface area contributed by atoms with Crippen molar-refractivity contribution in [2.75, 3.05) is 7.11 Å². The molecule has 0 aliphatic heterocycles. The van der Waals surface area contributed by atoms with Crippen LogP contribution in [0.4, 0.5) is 0 Å². The molecular weight excluding hydrogens is 316 g/mol. The minimum absolute atomic E-state index is 1.17. The predicted octanol–water partition coefficient (Wildman–Crippen LogP) is 8.06. The monoisotopic (exact) mass is 360 g/mol. The Morgan fingerprint density at radius 1 is 0.577 bits per heavy atom. The van der Waals surface area contributed by atoms with Crippen molar-refractivity contribution < 1.29 is 4.74 Å². The summed E-state index contributed by atoms with van der Waals surface area (Å²) in [5, 5.41) is 0. The van der Waals surface area contributed by atoms with E-state index in [1.807, 2.05) is 7.11 Å². The van der Waals surface area contributed by atoms with Gasteiger partial charge in [-0.15, -0.1) is 0 Å². The van der Waals surface area contributed by atoms with Gasteiger partial charge in [0, 0.05) is 0 Å². The lowest BCUT2D eigenvalue weighted by Gasteiger charge is -2.17. The van der Waals surface area contributed by atoms with E-state index in [0.29, 0.717) is 0 Å². The van der Waals surface area contributed by atoms with Crippen molar-refractivity contribution >= 4 is 0 Å². The van der Waals surface area contributed by atoms with Crippen LogP contribution >= 0.6 is 0 Å². The number of rotatable bonds is 16. The van der Waals surface area contributed by atoms with E-state index in [1.54, 1.807) is 0 Å². The van der Waals surface area contributed by atoms with Gasteiger partial charge in [0.05, 0.1) is 7.11 Å². The van der Waals surface area contributed by atoms with Crippen LogP contribution in [0.2, 0.25) is 0 Å². The second kappa shape index (κ2) is 15.1. The van der Waals surface area contributed by atoms with E-state index in [4.69, 9.17) is 4.74 Å². The molecule has 0 bridgehead atoms. The lowest BCUT2D eigenvalue weighted by Crippen LogP contribution is -2.01. The average molecular weight is 361 g/mol. The Bertz CT molecular complexity index is 430. The molecule has 0 amide bonds. The fourth-order valence-electron chi connectivity index (χ4n) is 3.84. The lowest BCUT2D eigenvalue weighted by molar-refractivity contribution is 0.402. The van der Waals surface area contributed by atoms with E-state index in [1.165, 1.54) is 119 Å². The highest BCUT2D eigenvalue weighted by molar-refractivity contribution is 5.45. The van der Waals surface area contributed by atoms with Gasteiger partial charge in [0.15, 0.2) is 0 Å². The molecule has 0 fully saturated rings. The van der Waals surface area contributed by atoms with Gasteiger partial charge in [-0.2, -0.15) is 0 Å². The Labute approximate surface area is 163 Å². The fraction of sp³-hybridized carbons (Fsp3) is 0.760. The maximum Gasteiger partial charge on any atom is 0.125 e. The summed E-state index contributed by atoms with van der Waals surface area (Å²) in [6.45, 7) is 6.86. The average Bonchev–Trinajstić information content (AvgIpc) is 2.66. The van der Waals surface area contributed by atoms with Crippen LogP contribution < -0.4 is 4.74 Å². The first-order chi connectivity index (χ1) is 12.8. The number of unbranched alkanes of at least 4 members (excludes halogenated alkanes) is 9. The van der Waals surface area contributed by atoms with E-state index in [0.717, 1.165) is 0 Å². The van der Waals surface area contributed by atoms with E-state index < -0.39 is 0 Å². The summed E-state index contributed by atoms with van der Waals surface area (Å²) in [7, 11) is 1.86. The van der Waals surface area contributed by atoms with E-state index in [-0.39, 0.29) is 0 Å². The molecule has 0 saturated heterocycles. The summed E-state index contributed by atoms with van der Waals surface area (Å²) >= 11 is 0. The van der Waals surface area contributed by atoms with Crippen LogP contribution in [-0.2, 0) is 19.3 Å². The van der Waals surface area contributed by atoms with Crippen molar-refractivity contribution in [1.82, 2.24) is 0 Å². The zero-order chi connectivity index (χ0) is 19.0. The summed E-state index contributed by atoms with van der Waals surface area (Å²) in [6, 6.07) is 4.90. The van der Waals surface area contributed by atoms with Crippen molar-refractivity contribution in [3.8, 4) is 5.75 Å². The molecule has 1 aromatic carbocycles. The van der Waals surface area contributed by atoms with Crippen molar-refractivity contribution in [2.24, 2.45) is 0 Å². The van der Waals surface area contributed by atoms with Crippen LogP contribution in [0.5, 0.6) is 5.75 Å². The van der Waals surface area contributed by atoms with E-state index in [2.05, 4.69) is 32.9 Å². The quantitative estimate of drug-likeness (QED) is 0.271. The molecule has 26 heavy (non-hydrogen) atoms. The Hall–Kier alpha value is -0.980. The molecule has 0 atom stereocenters. The van der Waals surface area contributed by atoms with Crippen molar-refractivity contribution in [1.29, 1.82) is 0 Å². The van der Waals surface area contributed by atoms with Gasteiger partial charge >= 0.3 is 0 Å². The van der Waals surface area contributed by atoms with E-state index >= 15 is 0 Å². The molecule has 0 heterocycles. The van der Waals surface area contributed by atoms with Crippen LogP contribution in [-0.4, -0.2) is 7.11 Å². The second-order valence-electron chi connectivity index (χ2n) is 7.88. The number of benzene rings is 1. The third kappa shape index (κ3) is 9.10. The third-order valence-electron chi connectivity index (χ3n) is 5.43. The largest absolute Gasteiger partial charge is 0.496 e. The zero-order valence-electron chi connectivity index (χ0n) is 18.2. The van der Waals surface area contributed by atoms with E-state index in [9.17, 15) is 0 Å². The molecule has 0 radical (unpaired) electrons. The van der Waals surface area contributed by atoms with Crippen LogP contribution in [0, 0.1) is 0 Å². The van der Waals surface area contributed by atoms with Gasteiger partial charge in [-0.05, 0) is 55.2 Å². The molecule has 0 aliphatic carbocycles. The molecule has 1 nitrogen and oxygen atoms in total. The molecule has 1 heteroatoms. The normalized spacial score (nSPS) is 11.1. The van der Waals surface area contributed by atoms with Gasteiger partial charge in [-0.25, -0.2) is 0 Å². The molecule has 150 valence electrons.